The quantitative estimate of drug-likeness (QED) is 0.644. The van der Waals surface area contributed by atoms with Crippen molar-refractivity contribution in [3.63, 3.8) is 0 Å². The van der Waals surface area contributed by atoms with Crippen molar-refractivity contribution in [2.75, 3.05) is 11.5 Å². The maximum Gasteiger partial charge on any atom is 0.259 e. The highest BCUT2D eigenvalue weighted by Crippen LogP contribution is 2.28. The molecule has 2 atom stereocenters. The fraction of sp³-hybridized carbons (Fsp3) is 0.500. The molecule has 1 saturated carbocycles. The Labute approximate surface area is 187 Å². The molecule has 0 unspecified atom stereocenters. The number of aromatic nitrogens is 1. The second kappa shape index (κ2) is 9.16. The van der Waals surface area contributed by atoms with E-state index < -0.39 is 33.1 Å². The first-order chi connectivity index (χ1) is 14.9. The van der Waals surface area contributed by atoms with Crippen molar-refractivity contribution in [1.29, 1.82) is 0 Å². The Morgan fingerprint density at radius 3 is 2.55 bits per heavy atom. The number of nitrogens with zero attached hydrogens (tertiary/aromatic N) is 2. The molecule has 1 N–H and O–H groups in total. The average molecular weight is 462 g/mol. The summed E-state index contributed by atoms with van der Waals surface area (Å²) in [5.41, 5.74) is 1.29. The van der Waals surface area contributed by atoms with Gasteiger partial charge in [-0.05, 0) is 30.9 Å². The second-order valence-electron chi connectivity index (χ2n) is 8.39. The lowest BCUT2D eigenvalue weighted by atomic mass is 9.91. The summed E-state index contributed by atoms with van der Waals surface area (Å²) in [6.07, 6.45) is 4.80. The summed E-state index contributed by atoms with van der Waals surface area (Å²) >= 11 is 4.16. The van der Waals surface area contributed by atoms with Crippen LogP contribution >= 0.6 is 12.6 Å². The number of amides is 2. The molecule has 0 radical (unpaired) electrons. The Balaban J connectivity index is 1.65. The number of hydrogen-bond donors (Lipinski definition) is 2. The molecule has 1 aliphatic carbocycles. The number of para-hydroxylation sites is 1. The number of pyridine rings is 1. The molecular formula is C22H27N3O4S2. The zero-order valence-electron chi connectivity index (χ0n) is 17.2. The summed E-state index contributed by atoms with van der Waals surface area (Å²) in [5, 5.41) is 1.96. The Morgan fingerprint density at radius 2 is 1.81 bits per heavy atom. The Kier molecular flexibility index (Phi) is 6.52. The van der Waals surface area contributed by atoms with Gasteiger partial charge in [0.15, 0.2) is 9.84 Å². The number of benzene rings is 1. The van der Waals surface area contributed by atoms with E-state index in [0.717, 1.165) is 43.0 Å². The number of nitrogens with one attached hydrogen (secondary N) is 1. The number of fused-ring (bicyclic) bond motifs is 1. The topological polar surface area (TPSA) is 96.4 Å². The molecule has 166 valence electrons. The lowest BCUT2D eigenvalue weighted by Crippen LogP contribution is -2.66. The second-order valence-corrected chi connectivity index (χ2v) is 10.9. The molecule has 4 rings (SSSR count). The van der Waals surface area contributed by atoms with E-state index in [2.05, 4.69) is 22.9 Å². The minimum Gasteiger partial charge on any atom is -0.341 e. The molecule has 1 aliphatic heterocycles. The number of sulfone groups is 1. The number of hydrogen-bond acceptors (Lipinski definition) is 6. The fourth-order valence-electron chi connectivity index (χ4n) is 4.55. The summed E-state index contributed by atoms with van der Waals surface area (Å²) in [6, 6.07) is 10.4. The first-order valence-corrected chi connectivity index (χ1v) is 13.0. The van der Waals surface area contributed by atoms with Crippen LogP contribution in [-0.4, -0.2) is 53.0 Å². The largest absolute Gasteiger partial charge is 0.341 e. The van der Waals surface area contributed by atoms with E-state index in [1.807, 2.05) is 30.3 Å². The van der Waals surface area contributed by atoms with Crippen LogP contribution in [-0.2, 0) is 26.0 Å². The Bertz CT molecular complexity index is 1080. The van der Waals surface area contributed by atoms with E-state index in [1.165, 1.54) is 4.90 Å². The van der Waals surface area contributed by atoms with Crippen molar-refractivity contribution in [1.82, 2.24) is 15.2 Å². The van der Waals surface area contributed by atoms with Crippen LogP contribution in [0.4, 0.5) is 0 Å². The SMILES string of the molecule is O=C1N[C@@H](CS)C(=O)N(Cc2ccc3ccccc3n2)[C@H]1S(=O)(=O)CC1CCCCC1. The van der Waals surface area contributed by atoms with Crippen molar-refractivity contribution in [3.05, 3.63) is 42.1 Å². The third kappa shape index (κ3) is 4.72. The first-order valence-electron chi connectivity index (χ1n) is 10.7. The standard InChI is InChI=1S/C22H27N3O4S2/c26-20-22(31(28,29)14-15-6-2-1-3-7-15)25(21(27)19(13-30)24-20)12-17-11-10-16-8-4-5-9-18(16)23-17/h4-5,8-11,15,19,22,30H,1-3,6-7,12-14H2,(H,24,26)/t19-,22-/m0/s1. The molecule has 0 bridgehead atoms. The Hall–Kier alpha value is -2.13. The third-order valence-corrected chi connectivity index (χ3v) is 8.56. The van der Waals surface area contributed by atoms with E-state index in [0.29, 0.717) is 5.69 Å². The molecule has 1 aromatic heterocycles. The number of carbonyl (C=O) groups excluding carboxylic acids is 2. The van der Waals surface area contributed by atoms with Gasteiger partial charge in [0.1, 0.15) is 6.04 Å². The van der Waals surface area contributed by atoms with Crippen molar-refractivity contribution in [2.24, 2.45) is 5.92 Å². The molecule has 7 nitrogen and oxygen atoms in total. The summed E-state index contributed by atoms with van der Waals surface area (Å²) in [6.45, 7) is -0.0457. The van der Waals surface area contributed by atoms with Crippen LogP contribution < -0.4 is 5.32 Å². The summed E-state index contributed by atoms with van der Waals surface area (Å²) in [4.78, 5) is 31.7. The van der Waals surface area contributed by atoms with Crippen LogP contribution in [0.2, 0.25) is 0 Å². The monoisotopic (exact) mass is 461 g/mol. The number of piperazine rings is 1. The molecule has 9 heteroatoms. The maximum absolute atomic E-state index is 13.3. The van der Waals surface area contributed by atoms with E-state index >= 15 is 0 Å². The van der Waals surface area contributed by atoms with Crippen LogP contribution in [0, 0.1) is 5.92 Å². The molecule has 1 saturated heterocycles. The lowest BCUT2D eigenvalue weighted by Gasteiger charge is -2.38. The van der Waals surface area contributed by atoms with Gasteiger partial charge in [0.25, 0.3) is 5.91 Å². The van der Waals surface area contributed by atoms with Gasteiger partial charge in [-0.25, -0.2) is 8.42 Å². The van der Waals surface area contributed by atoms with Crippen LogP contribution in [0.3, 0.4) is 0 Å². The van der Waals surface area contributed by atoms with Crippen LogP contribution in [0.15, 0.2) is 36.4 Å². The highest BCUT2D eigenvalue weighted by molar-refractivity contribution is 7.92. The van der Waals surface area contributed by atoms with Gasteiger partial charge in [0, 0.05) is 11.1 Å². The van der Waals surface area contributed by atoms with Crippen LogP contribution in [0.25, 0.3) is 10.9 Å². The predicted octanol–water partition coefficient (Wildman–Crippen LogP) is 2.31. The van der Waals surface area contributed by atoms with Crippen molar-refractivity contribution in [2.45, 2.75) is 50.1 Å². The van der Waals surface area contributed by atoms with Crippen molar-refractivity contribution >= 4 is 45.2 Å². The Morgan fingerprint density at radius 1 is 1.06 bits per heavy atom. The molecule has 2 fully saturated rings. The van der Waals surface area contributed by atoms with Gasteiger partial charge in [-0.2, -0.15) is 12.6 Å². The van der Waals surface area contributed by atoms with Gasteiger partial charge >= 0.3 is 0 Å². The zero-order valence-corrected chi connectivity index (χ0v) is 18.9. The zero-order chi connectivity index (χ0) is 22.0. The lowest BCUT2D eigenvalue weighted by molar-refractivity contribution is -0.146. The third-order valence-electron chi connectivity index (χ3n) is 6.11. The van der Waals surface area contributed by atoms with E-state index in [9.17, 15) is 18.0 Å². The molecule has 0 spiro atoms. The maximum atomic E-state index is 13.3. The van der Waals surface area contributed by atoms with Gasteiger partial charge in [0.2, 0.25) is 11.3 Å². The fourth-order valence-corrected chi connectivity index (χ4v) is 6.93. The molecular weight excluding hydrogens is 434 g/mol. The van der Waals surface area contributed by atoms with Crippen molar-refractivity contribution < 1.29 is 18.0 Å². The van der Waals surface area contributed by atoms with Crippen LogP contribution in [0.5, 0.6) is 0 Å². The van der Waals surface area contributed by atoms with Gasteiger partial charge in [0.05, 0.1) is 23.5 Å². The van der Waals surface area contributed by atoms with Gasteiger partial charge < -0.3 is 10.2 Å². The van der Waals surface area contributed by atoms with Gasteiger partial charge in [-0.15, -0.1) is 0 Å². The number of thiol groups is 1. The van der Waals surface area contributed by atoms with E-state index in [1.54, 1.807) is 6.07 Å². The van der Waals surface area contributed by atoms with E-state index in [4.69, 9.17) is 0 Å². The summed E-state index contributed by atoms with van der Waals surface area (Å²) < 4.78 is 26.6. The van der Waals surface area contributed by atoms with Crippen LogP contribution in [0.1, 0.15) is 37.8 Å². The van der Waals surface area contributed by atoms with E-state index in [-0.39, 0.29) is 24.0 Å². The molecule has 2 aromatic rings. The summed E-state index contributed by atoms with van der Waals surface area (Å²) in [7, 11) is -3.87. The molecule has 2 amide bonds. The van der Waals surface area contributed by atoms with Gasteiger partial charge in [-0.3, -0.25) is 14.6 Å². The highest BCUT2D eigenvalue weighted by atomic mass is 32.2. The molecule has 2 aliphatic rings. The first kappa shape index (κ1) is 22.1. The summed E-state index contributed by atoms with van der Waals surface area (Å²) in [5.74, 6) is -1.05. The minimum absolute atomic E-state index is 0.0323. The van der Waals surface area contributed by atoms with Crippen molar-refractivity contribution in [3.8, 4) is 0 Å². The minimum atomic E-state index is -3.87. The smallest absolute Gasteiger partial charge is 0.259 e. The number of rotatable bonds is 6. The normalized spacial score (nSPS) is 23.2. The molecule has 1 aromatic carbocycles. The molecule has 31 heavy (non-hydrogen) atoms. The molecule has 2 heterocycles. The average Bonchev–Trinajstić information content (AvgIpc) is 2.76. The van der Waals surface area contributed by atoms with Gasteiger partial charge in [-0.1, -0.05) is 43.5 Å². The number of carbonyl (C=O) groups is 2. The predicted molar refractivity (Wildman–Crippen MR) is 122 cm³/mol. The highest BCUT2D eigenvalue weighted by Gasteiger charge is 2.47.